The zero-order valence-electron chi connectivity index (χ0n) is 14.2. The van der Waals surface area contributed by atoms with Gasteiger partial charge < -0.3 is 19.9 Å². The lowest BCUT2D eigenvalue weighted by atomic mass is 9.96. The summed E-state index contributed by atoms with van der Waals surface area (Å²) in [6.45, 7) is 1.86. The molecule has 0 aliphatic rings. The molecule has 5 nitrogen and oxygen atoms in total. The van der Waals surface area contributed by atoms with Crippen molar-refractivity contribution in [2.75, 3.05) is 20.8 Å². The van der Waals surface area contributed by atoms with Crippen LogP contribution in [0.2, 0.25) is 0 Å². The fraction of sp³-hybridized carbons (Fsp3) is 0.316. The van der Waals surface area contributed by atoms with Crippen LogP contribution in [0, 0.1) is 0 Å². The molecule has 2 aromatic carbocycles. The Kier molecular flexibility index (Phi) is 5.82. The van der Waals surface area contributed by atoms with Gasteiger partial charge in [0.25, 0.3) is 5.91 Å². The molecule has 2 rings (SSSR count). The molecule has 0 spiro atoms. The maximum Gasteiger partial charge on any atom is 0.251 e. The molecular formula is C19H23NO4. The number of nitrogens with one attached hydrogen (secondary N) is 1. The van der Waals surface area contributed by atoms with Crippen molar-refractivity contribution < 1.29 is 19.4 Å². The van der Waals surface area contributed by atoms with E-state index in [-0.39, 0.29) is 12.5 Å². The van der Waals surface area contributed by atoms with Gasteiger partial charge in [-0.05, 0) is 48.9 Å². The van der Waals surface area contributed by atoms with Gasteiger partial charge in [0.1, 0.15) is 11.5 Å². The van der Waals surface area contributed by atoms with Gasteiger partial charge in [-0.2, -0.15) is 0 Å². The Labute approximate surface area is 142 Å². The van der Waals surface area contributed by atoms with Crippen LogP contribution in [0.4, 0.5) is 0 Å². The molecule has 0 fully saturated rings. The Bertz CT molecular complexity index is 663. The van der Waals surface area contributed by atoms with E-state index in [0.29, 0.717) is 17.7 Å². The second-order valence-electron chi connectivity index (χ2n) is 5.93. The second-order valence-corrected chi connectivity index (χ2v) is 5.93. The van der Waals surface area contributed by atoms with E-state index >= 15 is 0 Å². The van der Waals surface area contributed by atoms with Crippen LogP contribution in [-0.4, -0.2) is 37.4 Å². The summed E-state index contributed by atoms with van der Waals surface area (Å²) in [6.07, 6.45) is 0.430. The fourth-order valence-electron chi connectivity index (χ4n) is 2.36. The minimum atomic E-state index is -1.04. The van der Waals surface area contributed by atoms with Gasteiger partial charge in [-0.3, -0.25) is 4.79 Å². The zero-order valence-corrected chi connectivity index (χ0v) is 14.2. The van der Waals surface area contributed by atoms with Crippen LogP contribution in [-0.2, 0) is 6.42 Å². The molecule has 0 heterocycles. The Morgan fingerprint density at radius 2 is 1.50 bits per heavy atom. The molecule has 2 aromatic rings. The van der Waals surface area contributed by atoms with E-state index in [2.05, 4.69) is 5.32 Å². The highest BCUT2D eigenvalue weighted by atomic mass is 16.5. The number of aliphatic hydroxyl groups is 1. The van der Waals surface area contributed by atoms with Crippen molar-refractivity contribution in [3.63, 3.8) is 0 Å². The van der Waals surface area contributed by atoms with Gasteiger partial charge in [-0.25, -0.2) is 0 Å². The van der Waals surface area contributed by atoms with Gasteiger partial charge in [-0.1, -0.05) is 12.1 Å². The number of carbonyl (C=O) groups excluding carboxylic acids is 1. The van der Waals surface area contributed by atoms with Crippen LogP contribution in [0.3, 0.4) is 0 Å². The molecule has 0 aliphatic carbocycles. The maximum atomic E-state index is 12.1. The Morgan fingerprint density at radius 1 is 1.00 bits per heavy atom. The lowest BCUT2D eigenvalue weighted by molar-refractivity contribution is 0.0552. The van der Waals surface area contributed by atoms with Crippen LogP contribution < -0.4 is 14.8 Å². The molecule has 0 saturated heterocycles. The van der Waals surface area contributed by atoms with E-state index < -0.39 is 5.60 Å². The summed E-state index contributed by atoms with van der Waals surface area (Å²) in [5.41, 5.74) is 0.451. The van der Waals surface area contributed by atoms with Crippen molar-refractivity contribution in [1.82, 2.24) is 5.32 Å². The molecule has 0 aliphatic heterocycles. The first-order valence-electron chi connectivity index (χ1n) is 7.71. The van der Waals surface area contributed by atoms with Crippen molar-refractivity contribution in [2.24, 2.45) is 0 Å². The number of methoxy groups -OCH3 is 2. The molecule has 128 valence electrons. The van der Waals surface area contributed by atoms with Crippen LogP contribution in [0.1, 0.15) is 22.8 Å². The topological polar surface area (TPSA) is 67.8 Å². The molecule has 1 amide bonds. The summed E-state index contributed by atoms with van der Waals surface area (Å²) in [5, 5.41) is 13.3. The summed E-state index contributed by atoms with van der Waals surface area (Å²) < 4.78 is 10.2. The van der Waals surface area contributed by atoms with Gasteiger partial charge in [0.05, 0.1) is 19.8 Å². The number of amides is 1. The lowest BCUT2D eigenvalue weighted by Gasteiger charge is -2.24. The number of hydrogen-bond acceptors (Lipinski definition) is 4. The van der Waals surface area contributed by atoms with E-state index in [4.69, 9.17) is 9.47 Å². The molecule has 0 aromatic heterocycles. The first kappa shape index (κ1) is 17.8. The average molecular weight is 329 g/mol. The highest BCUT2D eigenvalue weighted by molar-refractivity contribution is 5.94. The van der Waals surface area contributed by atoms with E-state index in [9.17, 15) is 9.90 Å². The van der Waals surface area contributed by atoms with Crippen LogP contribution in [0.15, 0.2) is 48.5 Å². The number of benzene rings is 2. The number of hydrogen-bond donors (Lipinski definition) is 2. The summed E-state index contributed by atoms with van der Waals surface area (Å²) in [5.74, 6) is 1.23. The minimum absolute atomic E-state index is 0.157. The van der Waals surface area contributed by atoms with Crippen LogP contribution in [0.25, 0.3) is 0 Å². The van der Waals surface area contributed by atoms with Gasteiger partial charge >= 0.3 is 0 Å². The fourth-order valence-corrected chi connectivity index (χ4v) is 2.36. The Balaban J connectivity index is 1.91. The number of carbonyl (C=O) groups is 1. The third-order valence-corrected chi connectivity index (χ3v) is 3.73. The van der Waals surface area contributed by atoms with E-state index in [1.807, 2.05) is 24.3 Å². The Morgan fingerprint density at radius 3 is 2.00 bits per heavy atom. The molecular weight excluding hydrogens is 306 g/mol. The first-order valence-corrected chi connectivity index (χ1v) is 7.71. The highest BCUT2D eigenvalue weighted by Gasteiger charge is 2.22. The molecule has 0 bridgehead atoms. The van der Waals surface area contributed by atoms with Crippen molar-refractivity contribution in [1.29, 1.82) is 0 Å². The van der Waals surface area contributed by atoms with Gasteiger partial charge in [0.15, 0.2) is 0 Å². The molecule has 1 atom stereocenters. The van der Waals surface area contributed by atoms with Crippen LogP contribution in [0.5, 0.6) is 11.5 Å². The van der Waals surface area contributed by atoms with Gasteiger partial charge in [0.2, 0.25) is 0 Å². The predicted molar refractivity (Wildman–Crippen MR) is 92.6 cm³/mol. The molecule has 2 N–H and O–H groups in total. The summed E-state index contributed by atoms with van der Waals surface area (Å²) >= 11 is 0. The molecule has 1 unspecified atom stereocenters. The summed E-state index contributed by atoms with van der Waals surface area (Å²) in [6, 6.07) is 14.3. The minimum Gasteiger partial charge on any atom is -0.497 e. The third kappa shape index (κ3) is 4.99. The van der Waals surface area contributed by atoms with E-state index in [1.54, 1.807) is 45.4 Å². The summed E-state index contributed by atoms with van der Waals surface area (Å²) in [7, 11) is 3.19. The normalized spacial score (nSPS) is 13.0. The number of ether oxygens (including phenoxy) is 2. The average Bonchev–Trinajstić information content (AvgIpc) is 2.60. The monoisotopic (exact) mass is 329 g/mol. The highest BCUT2D eigenvalue weighted by Crippen LogP contribution is 2.17. The van der Waals surface area contributed by atoms with E-state index in [1.165, 1.54) is 0 Å². The molecule has 24 heavy (non-hydrogen) atoms. The number of rotatable bonds is 7. The second kappa shape index (κ2) is 7.84. The van der Waals surface area contributed by atoms with E-state index in [0.717, 1.165) is 11.3 Å². The SMILES string of the molecule is COc1ccc(CC(C)(O)CNC(=O)c2ccc(OC)cc2)cc1. The lowest BCUT2D eigenvalue weighted by Crippen LogP contribution is -2.42. The van der Waals surface area contributed by atoms with Crippen molar-refractivity contribution in [3.05, 3.63) is 59.7 Å². The smallest absolute Gasteiger partial charge is 0.251 e. The van der Waals surface area contributed by atoms with Crippen molar-refractivity contribution in [3.8, 4) is 11.5 Å². The first-order chi connectivity index (χ1) is 11.4. The third-order valence-electron chi connectivity index (χ3n) is 3.73. The van der Waals surface area contributed by atoms with Crippen LogP contribution >= 0.6 is 0 Å². The standard InChI is InChI=1S/C19H23NO4/c1-19(22,12-14-4-8-16(23-2)9-5-14)13-20-18(21)15-6-10-17(24-3)11-7-15/h4-11,22H,12-13H2,1-3H3,(H,20,21). The van der Waals surface area contributed by atoms with Crippen molar-refractivity contribution >= 4 is 5.91 Å². The Hall–Kier alpha value is -2.53. The largest absolute Gasteiger partial charge is 0.497 e. The quantitative estimate of drug-likeness (QED) is 0.819. The van der Waals surface area contributed by atoms with Gasteiger partial charge in [0, 0.05) is 18.5 Å². The predicted octanol–water partition coefficient (Wildman–Crippen LogP) is 2.43. The molecule has 0 radical (unpaired) electrons. The zero-order chi connectivity index (χ0) is 17.6. The molecule has 5 heteroatoms. The van der Waals surface area contributed by atoms with Gasteiger partial charge in [-0.15, -0.1) is 0 Å². The molecule has 0 saturated carbocycles. The maximum absolute atomic E-state index is 12.1. The summed E-state index contributed by atoms with van der Waals surface area (Å²) in [4.78, 5) is 12.1. The van der Waals surface area contributed by atoms with Crippen molar-refractivity contribution in [2.45, 2.75) is 18.9 Å².